The van der Waals surface area contributed by atoms with E-state index < -0.39 is 0 Å². The summed E-state index contributed by atoms with van der Waals surface area (Å²) in [5.41, 5.74) is 2.31. The highest BCUT2D eigenvalue weighted by Crippen LogP contribution is 2.25. The fraction of sp³-hybridized carbons (Fsp3) is 0.385. The van der Waals surface area contributed by atoms with Crippen LogP contribution in [0.3, 0.4) is 0 Å². The molecule has 0 amide bonds. The van der Waals surface area contributed by atoms with Gasteiger partial charge in [-0.25, -0.2) is 0 Å². The Bertz CT molecular complexity index is 517. The summed E-state index contributed by atoms with van der Waals surface area (Å²) in [4.78, 5) is 0. The topological polar surface area (TPSA) is 30.7 Å². The van der Waals surface area contributed by atoms with Gasteiger partial charge in [0.05, 0.1) is 5.88 Å². The zero-order valence-electron chi connectivity index (χ0n) is 10.3. The summed E-state index contributed by atoms with van der Waals surface area (Å²) in [5, 5.41) is 8.42. The van der Waals surface area contributed by atoms with Gasteiger partial charge in [0.25, 0.3) is 0 Å². The van der Waals surface area contributed by atoms with E-state index in [9.17, 15) is 0 Å². The van der Waals surface area contributed by atoms with Gasteiger partial charge in [-0.05, 0) is 26.3 Å². The predicted molar refractivity (Wildman–Crippen MR) is 70.1 cm³/mol. The van der Waals surface area contributed by atoms with Crippen LogP contribution in [0.5, 0.6) is 0 Å². The molecule has 0 saturated heterocycles. The molecule has 0 aliphatic carbocycles. The van der Waals surface area contributed by atoms with Gasteiger partial charge in [0.1, 0.15) is 5.82 Å². The molecule has 0 fully saturated rings. The first-order valence-electron chi connectivity index (χ1n) is 5.71. The highest BCUT2D eigenvalue weighted by molar-refractivity contribution is 6.16. The van der Waals surface area contributed by atoms with Gasteiger partial charge in [-0.2, -0.15) is 0 Å². The monoisotopic (exact) mass is 249 g/mol. The van der Waals surface area contributed by atoms with Crippen LogP contribution in [0.4, 0.5) is 0 Å². The summed E-state index contributed by atoms with van der Waals surface area (Å²) in [6, 6.07) is 8.48. The number of alkyl halides is 1. The van der Waals surface area contributed by atoms with Crippen molar-refractivity contribution in [2.24, 2.45) is 0 Å². The number of benzene rings is 1. The molecule has 0 N–H and O–H groups in total. The lowest BCUT2D eigenvalue weighted by molar-refractivity contribution is 0.584. The molecule has 0 bridgehead atoms. The molecule has 1 aromatic heterocycles. The maximum atomic E-state index is 5.89. The fourth-order valence-electron chi connectivity index (χ4n) is 1.96. The molecule has 0 saturated carbocycles. The Kier molecular flexibility index (Phi) is 3.48. The molecule has 0 aliphatic heterocycles. The first-order valence-corrected chi connectivity index (χ1v) is 6.24. The Morgan fingerprint density at radius 1 is 1.24 bits per heavy atom. The molecule has 1 aromatic carbocycles. The zero-order chi connectivity index (χ0) is 12.4. The lowest BCUT2D eigenvalue weighted by atomic mass is 10.1. The third-order valence-corrected chi connectivity index (χ3v) is 3.03. The molecule has 3 nitrogen and oxygen atoms in total. The van der Waals surface area contributed by atoms with Crippen LogP contribution in [0.25, 0.3) is 11.4 Å². The normalized spacial score (nSPS) is 11.1. The standard InChI is InChI=1S/C13H16ClN3/c1-9(2)17-12(8-14)15-16-13(17)11-7-5-4-6-10(11)3/h4-7,9H,8H2,1-3H3. The molecule has 0 atom stereocenters. The van der Waals surface area contributed by atoms with E-state index in [1.54, 1.807) is 0 Å². The van der Waals surface area contributed by atoms with E-state index in [0.29, 0.717) is 11.9 Å². The average Bonchev–Trinajstić information content (AvgIpc) is 2.73. The predicted octanol–water partition coefficient (Wildman–Crippen LogP) is 3.57. The highest BCUT2D eigenvalue weighted by Gasteiger charge is 2.16. The van der Waals surface area contributed by atoms with Gasteiger partial charge < -0.3 is 4.57 Å². The van der Waals surface area contributed by atoms with Crippen LogP contribution in [0.15, 0.2) is 24.3 Å². The first-order chi connectivity index (χ1) is 8.15. The highest BCUT2D eigenvalue weighted by atomic mass is 35.5. The number of hydrogen-bond donors (Lipinski definition) is 0. The van der Waals surface area contributed by atoms with Crippen molar-refractivity contribution in [1.82, 2.24) is 14.8 Å². The van der Waals surface area contributed by atoms with Crippen molar-refractivity contribution in [1.29, 1.82) is 0 Å². The minimum atomic E-state index is 0.299. The molecule has 0 spiro atoms. The Morgan fingerprint density at radius 3 is 2.53 bits per heavy atom. The molecule has 2 aromatic rings. The van der Waals surface area contributed by atoms with Crippen molar-refractivity contribution < 1.29 is 0 Å². The van der Waals surface area contributed by atoms with Gasteiger partial charge in [-0.15, -0.1) is 21.8 Å². The summed E-state index contributed by atoms with van der Waals surface area (Å²) in [6.45, 7) is 6.30. The molecule has 90 valence electrons. The Balaban J connectivity index is 2.60. The third-order valence-electron chi connectivity index (χ3n) is 2.79. The quantitative estimate of drug-likeness (QED) is 0.779. The third kappa shape index (κ3) is 2.20. The van der Waals surface area contributed by atoms with Gasteiger partial charge in [-0.1, -0.05) is 24.3 Å². The van der Waals surface area contributed by atoms with E-state index in [-0.39, 0.29) is 0 Å². The second-order valence-electron chi connectivity index (χ2n) is 4.35. The number of aromatic nitrogens is 3. The lowest BCUT2D eigenvalue weighted by Gasteiger charge is -2.14. The van der Waals surface area contributed by atoms with Crippen molar-refractivity contribution in [3.8, 4) is 11.4 Å². The molecular formula is C13H16ClN3. The molecule has 4 heteroatoms. The van der Waals surface area contributed by atoms with Gasteiger partial charge in [0.15, 0.2) is 5.82 Å². The Hall–Kier alpha value is -1.35. The van der Waals surface area contributed by atoms with Crippen LogP contribution in [0.2, 0.25) is 0 Å². The number of halogens is 1. The summed E-state index contributed by atoms with van der Waals surface area (Å²) in [6.07, 6.45) is 0. The number of aryl methyl sites for hydroxylation is 1. The van der Waals surface area contributed by atoms with E-state index in [4.69, 9.17) is 11.6 Å². The molecular weight excluding hydrogens is 234 g/mol. The number of rotatable bonds is 3. The largest absolute Gasteiger partial charge is 0.307 e. The van der Waals surface area contributed by atoms with E-state index in [2.05, 4.69) is 47.7 Å². The van der Waals surface area contributed by atoms with Gasteiger partial charge in [-0.3, -0.25) is 0 Å². The summed E-state index contributed by atoms with van der Waals surface area (Å²) < 4.78 is 2.09. The maximum Gasteiger partial charge on any atom is 0.164 e. The smallest absolute Gasteiger partial charge is 0.164 e. The average molecular weight is 250 g/mol. The Morgan fingerprint density at radius 2 is 1.94 bits per heavy atom. The molecule has 0 unspecified atom stereocenters. The van der Waals surface area contributed by atoms with Crippen LogP contribution in [0, 0.1) is 6.92 Å². The van der Waals surface area contributed by atoms with Gasteiger partial charge >= 0.3 is 0 Å². The van der Waals surface area contributed by atoms with E-state index in [0.717, 1.165) is 17.2 Å². The van der Waals surface area contributed by atoms with E-state index in [1.165, 1.54) is 5.56 Å². The van der Waals surface area contributed by atoms with Crippen LogP contribution in [0.1, 0.15) is 31.3 Å². The van der Waals surface area contributed by atoms with Crippen LogP contribution in [-0.2, 0) is 5.88 Å². The lowest BCUT2D eigenvalue weighted by Crippen LogP contribution is -2.07. The molecule has 2 rings (SSSR count). The Labute approximate surface area is 106 Å². The second-order valence-corrected chi connectivity index (χ2v) is 4.62. The van der Waals surface area contributed by atoms with Gasteiger partial charge in [0.2, 0.25) is 0 Å². The van der Waals surface area contributed by atoms with Crippen LogP contribution < -0.4 is 0 Å². The first kappa shape index (κ1) is 12.1. The van der Waals surface area contributed by atoms with Crippen molar-refractivity contribution in [3.05, 3.63) is 35.7 Å². The second kappa shape index (κ2) is 4.88. The van der Waals surface area contributed by atoms with Crippen molar-refractivity contribution in [2.75, 3.05) is 0 Å². The molecule has 1 heterocycles. The van der Waals surface area contributed by atoms with Gasteiger partial charge in [0, 0.05) is 11.6 Å². The minimum absolute atomic E-state index is 0.299. The molecule has 17 heavy (non-hydrogen) atoms. The molecule has 0 radical (unpaired) electrons. The van der Waals surface area contributed by atoms with Crippen LogP contribution >= 0.6 is 11.6 Å². The van der Waals surface area contributed by atoms with Crippen molar-refractivity contribution in [2.45, 2.75) is 32.7 Å². The van der Waals surface area contributed by atoms with Crippen molar-refractivity contribution >= 4 is 11.6 Å². The summed E-state index contributed by atoms with van der Waals surface area (Å²) in [7, 11) is 0. The van der Waals surface area contributed by atoms with E-state index in [1.807, 2.05) is 12.1 Å². The number of hydrogen-bond acceptors (Lipinski definition) is 2. The summed E-state index contributed by atoms with van der Waals surface area (Å²) >= 11 is 5.89. The number of nitrogens with zero attached hydrogens (tertiary/aromatic N) is 3. The molecule has 0 aliphatic rings. The minimum Gasteiger partial charge on any atom is -0.307 e. The fourth-order valence-corrected chi connectivity index (χ4v) is 2.15. The SMILES string of the molecule is Cc1ccccc1-c1nnc(CCl)n1C(C)C. The summed E-state index contributed by atoms with van der Waals surface area (Å²) in [5.74, 6) is 2.10. The van der Waals surface area contributed by atoms with Crippen LogP contribution in [-0.4, -0.2) is 14.8 Å². The van der Waals surface area contributed by atoms with E-state index >= 15 is 0 Å². The zero-order valence-corrected chi connectivity index (χ0v) is 11.1. The van der Waals surface area contributed by atoms with Crippen molar-refractivity contribution in [3.63, 3.8) is 0 Å². The maximum absolute atomic E-state index is 5.89.